The smallest absolute Gasteiger partial charge is 0.261 e. The molecular formula is C27H29N5O2S. The van der Waals surface area contributed by atoms with Gasteiger partial charge in [-0.05, 0) is 50.8 Å². The lowest BCUT2D eigenvalue weighted by Crippen LogP contribution is -2.36. The summed E-state index contributed by atoms with van der Waals surface area (Å²) in [6.45, 7) is 7.18. The number of hydrogen-bond acceptors (Lipinski definition) is 6. The number of fused-ring (bicyclic) bond motifs is 1. The number of pyridine rings is 1. The van der Waals surface area contributed by atoms with Gasteiger partial charge in [-0.2, -0.15) is 5.10 Å². The fourth-order valence-electron chi connectivity index (χ4n) is 4.66. The minimum atomic E-state index is -0.0114. The first-order valence-corrected chi connectivity index (χ1v) is 13.1. The summed E-state index contributed by atoms with van der Waals surface area (Å²) in [5, 5.41) is 8.01. The molecule has 1 aliphatic heterocycles. The van der Waals surface area contributed by atoms with Crippen molar-refractivity contribution in [3.05, 3.63) is 59.1 Å². The third kappa shape index (κ3) is 4.56. The summed E-state index contributed by atoms with van der Waals surface area (Å²) in [4.78, 5) is 21.0. The van der Waals surface area contributed by atoms with Gasteiger partial charge in [0, 0.05) is 37.0 Å². The van der Waals surface area contributed by atoms with Crippen molar-refractivity contribution in [2.45, 2.75) is 32.7 Å². The van der Waals surface area contributed by atoms with E-state index >= 15 is 0 Å². The average molecular weight is 488 g/mol. The monoisotopic (exact) mass is 487 g/mol. The van der Waals surface area contributed by atoms with Gasteiger partial charge in [0.25, 0.3) is 5.91 Å². The molecule has 4 heterocycles. The van der Waals surface area contributed by atoms with E-state index in [1.807, 2.05) is 29.1 Å². The van der Waals surface area contributed by atoms with Crippen LogP contribution >= 0.6 is 11.3 Å². The number of aromatic nitrogens is 3. The van der Waals surface area contributed by atoms with E-state index in [0.717, 1.165) is 46.1 Å². The van der Waals surface area contributed by atoms with Gasteiger partial charge >= 0.3 is 0 Å². The largest absolute Gasteiger partial charge is 0.378 e. The van der Waals surface area contributed by atoms with E-state index in [9.17, 15) is 4.79 Å². The van der Waals surface area contributed by atoms with Crippen LogP contribution in [0, 0.1) is 12.8 Å². The number of carbonyl (C=O) groups excluding carboxylic acids is 1. The fraction of sp³-hybridized carbons (Fsp3) is 0.370. The SMILES string of the molecule is Cc1cccc(-c2ccn(-c3cc(N4CCOCC4)c4sc(C(=O)NC(C)C5CC5)cc4n3)n2)c1. The zero-order chi connectivity index (χ0) is 23.9. The lowest BCUT2D eigenvalue weighted by Gasteiger charge is -2.29. The number of carbonyl (C=O) groups is 1. The molecule has 2 fully saturated rings. The first kappa shape index (κ1) is 22.2. The first-order chi connectivity index (χ1) is 17.0. The Morgan fingerprint density at radius 1 is 1.17 bits per heavy atom. The van der Waals surface area contributed by atoms with E-state index in [4.69, 9.17) is 14.8 Å². The molecule has 1 N–H and O–H groups in total. The second-order valence-electron chi connectivity index (χ2n) is 9.54. The van der Waals surface area contributed by atoms with Crippen molar-refractivity contribution in [1.82, 2.24) is 20.1 Å². The summed E-state index contributed by atoms with van der Waals surface area (Å²) in [6, 6.07) is 14.6. The zero-order valence-electron chi connectivity index (χ0n) is 20.0. The number of ether oxygens (including phenoxy) is 1. The van der Waals surface area contributed by atoms with Crippen molar-refractivity contribution in [1.29, 1.82) is 0 Å². The van der Waals surface area contributed by atoms with Gasteiger partial charge in [0.2, 0.25) is 0 Å². The number of anilines is 1. The zero-order valence-corrected chi connectivity index (χ0v) is 20.8. The molecule has 1 atom stereocenters. The van der Waals surface area contributed by atoms with Crippen molar-refractivity contribution in [2.24, 2.45) is 5.92 Å². The molecule has 1 unspecified atom stereocenters. The molecule has 7 nitrogen and oxygen atoms in total. The number of morpholine rings is 1. The molecule has 2 aliphatic rings. The molecule has 180 valence electrons. The Hall–Kier alpha value is -3.23. The van der Waals surface area contributed by atoms with Crippen LogP contribution in [0.1, 0.15) is 35.0 Å². The first-order valence-electron chi connectivity index (χ1n) is 12.3. The van der Waals surface area contributed by atoms with Gasteiger partial charge in [-0.25, -0.2) is 9.67 Å². The van der Waals surface area contributed by atoms with Gasteiger partial charge in [-0.15, -0.1) is 11.3 Å². The normalized spacial score (nSPS) is 17.0. The maximum Gasteiger partial charge on any atom is 0.261 e. The molecule has 1 aromatic carbocycles. The molecular weight excluding hydrogens is 458 g/mol. The van der Waals surface area contributed by atoms with Crippen LogP contribution in [0.25, 0.3) is 27.3 Å². The van der Waals surface area contributed by atoms with Crippen LogP contribution in [-0.2, 0) is 4.74 Å². The number of aryl methyl sites for hydroxylation is 1. The van der Waals surface area contributed by atoms with Crippen LogP contribution in [0.4, 0.5) is 5.69 Å². The van der Waals surface area contributed by atoms with E-state index < -0.39 is 0 Å². The molecule has 35 heavy (non-hydrogen) atoms. The van der Waals surface area contributed by atoms with E-state index in [2.05, 4.69) is 48.3 Å². The topological polar surface area (TPSA) is 72.3 Å². The second kappa shape index (κ2) is 9.09. The van der Waals surface area contributed by atoms with Crippen LogP contribution in [-0.4, -0.2) is 53.0 Å². The maximum atomic E-state index is 13.0. The molecule has 1 amide bonds. The number of benzene rings is 1. The quantitative estimate of drug-likeness (QED) is 0.422. The molecule has 0 radical (unpaired) electrons. The Labute approximate surface area is 208 Å². The average Bonchev–Trinajstić information content (AvgIpc) is 3.44. The molecule has 3 aromatic heterocycles. The van der Waals surface area contributed by atoms with Gasteiger partial charge in [-0.1, -0.05) is 23.8 Å². The molecule has 1 aliphatic carbocycles. The Morgan fingerprint density at radius 3 is 2.77 bits per heavy atom. The molecule has 0 bridgehead atoms. The third-order valence-corrected chi connectivity index (χ3v) is 7.99. The molecule has 1 saturated heterocycles. The van der Waals surface area contributed by atoms with E-state index in [-0.39, 0.29) is 11.9 Å². The standard InChI is InChI=1S/C27H29N5O2S/c1-17-4-3-5-20(14-17)21-8-9-32(30-21)25-16-23(31-10-12-34-13-11-31)26-22(29-25)15-24(35-26)27(33)28-18(2)19-6-7-19/h3-5,8-9,14-16,18-19H,6-7,10-13H2,1-2H3,(H,28,33). The minimum Gasteiger partial charge on any atom is -0.378 e. The Bertz CT molecular complexity index is 1380. The van der Waals surface area contributed by atoms with Gasteiger partial charge < -0.3 is 15.0 Å². The van der Waals surface area contributed by atoms with Crippen LogP contribution < -0.4 is 10.2 Å². The lowest BCUT2D eigenvalue weighted by atomic mass is 10.1. The number of nitrogens with one attached hydrogen (secondary N) is 1. The Kier molecular flexibility index (Phi) is 5.78. The van der Waals surface area contributed by atoms with Gasteiger partial charge in [0.15, 0.2) is 5.82 Å². The van der Waals surface area contributed by atoms with Gasteiger partial charge in [0.05, 0.1) is 39.7 Å². The summed E-state index contributed by atoms with van der Waals surface area (Å²) in [7, 11) is 0. The second-order valence-corrected chi connectivity index (χ2v) is 10.6. The summed E-state index contributed by atoms with van der Waals surface area (Å²) in [5.74, 6) is 1.35. The molecule has 0 spiro atoms. The molecule has 6 rings (SSSR count). The van der Waals surface area contributed by atoms with Crippen LogP contribution in [0.15, 0.2) is 48.7 Å². The number of nitrogens with zero attached hydrogens (tertiary/aromatic N) is 4. The predicted octanol–water partition coefficient (Wildman–Crippen LogP) is 4.82. The Morgan fingerprint density at radius 2 is 2.00 bits per heavy atom. The summed E-state index contributed by atoms with van der Waals surface area (Å²) in [6.07, 6.45) is 4.36. The van der Waals surface area contributed by atoms with Crippen LogP contribution in [0.5, 0.6) is 0 Å². The molecule has 1 saturated carbocycles. The fourth-order valence-corrected chi connectivity index (χ4v) is 5.71. The number of thiophene rings is 1. The van der Waals surface area contributed by atoms with Gasteiger partial charge in [-0.3, -0.25) is 4.79 Å². The molecule has 4 aromatic rings. The lowest BCUT2D eigenvalue weighted by molar-refractivity contribution is 0.0940. The van der Waals surface area contributed by atoms with Gasteiger partial charge in [0.1, 0.15) is 0 Å². The van der Waals surface area contributed by atoms with Crippen molar-refractivity contribution < 1.29 is 9.53 Å². The van der Waals surface area contributed by atoms with E-state index in [1.54, 1.807) is 0 Å². The third-order valence-electron chi connectivity index (χ3n) is 6.85. The van der Waals surface area contributed by atoms with Crippen LogP contribution in [0.3, 0.4) is 0 Å². The highest BCUT2D eigenvalue weighted by Gasteiger charge is 2.30. The summed E-state index contributed by atoms with van der Waals surface area (Å²) < 4.78 is 8.45. The highest BCUT2D eigenvalue weighted by atomic mass is 32.1. The number of rotatable bonds is 6. The molecule has 8 heteroatoms. The van der Waals surface area contributed by atoms with Crippen LogP contribution in [0.2, 0.25) is 0 Å². The van der Waals surface area contributed by atoms with E-state index in [1.165, 1.54) is 29.7 Å². The Balaban J connectivity index is 1.39. The highest BCUT2D eigenvalue weighted by molar-refractivity contribution is 7.21. The number of amides is 1. The number of hydrogen-bond donors (Lipinski definition) is 1. The maximum absolute atomic E-state index is 13.0. The van der Waals surface area contributed by atoms with Crippen molar-refractivity contribution >= 4 is 33.1 Å². The van der Waals surface area contributed by atoms with Crippen molar-refractivity contribution in [2.75, 3.05) is 31.2 Å². The summed E-state index contributed by atoms with van der Waals surface area (Å²) in [5.41, 5.74) is 5.10. The van der Waals surface area contributed by atoms with Crippen molar-refractivity contribution in [3.8, 4) is 17.1 Å². The van der Waals surface area contributed by atoms with Crippen molar-refractivity contribution in [3.63, 3.8) is 0 Å². The van der Waals surface area contributed by atoms with E-state index in [0.29, 0.717) is 24.0 Å². The highest BCUT2D eigenvalue weighted by Crippen LogP contribution is 2.36. The summed E-state index contributed by atoms with van der Waals surface area (Å²) >= 11 is 1.52. The predicted molar refractivity (Wildman–Crippen MR) is 140 cm³/mol. The minimum absolute atomic E-state index is 0.0114.